The topological polar surface area (TPSA) is 75.1 Å². The van der Waals surface area contributed by atoms with E-state index in [1.54, 1.807) is 12.1 Å². The largest absolute Gasteiger partial charge is 0.507 e. The van der Waals surface area contributed by atoms with Crippen molar-refractivity contribution in [2.75, 3.05) is 37.7 Å². The number of hydrogen-bond donors (Lipinski definition) is 1. The fraction of sp³-hybridized carbons (Fsp3) is 0.286. The first kappa shape index (κ1) is 22.9. The number of Topliss-reactive ketones (excluding diaryl/α,β-unsaturated/α-hetero) is 1. The number of ether oxygens (including phenoxy) is 2. The minimum Gasteiger partial charge on any atom is -0.507 e. The molecule has 1 saturated heterocycles. The van der Waals surface area contributed by atoms with Crippen LogP contribution in [0.25, 0.3) is 6.08 Å². The van der Waals surface area contributed by atoms with Gasteiger partial charge in [0.1, 0.15) is 23.1 Å². The van der Waals surface area contributed by atoms with Crippen LogP contribution < -0.4 is 14.4 Å². The molecule has 35 heavy (non-hydrogen) atoms. The number of piperazine rings is 1. The van der Waals surface area contributed by atoms with Gasteiger partial charge in [0.25, 0.3) is 0 Å². The summed E-state index contributed by atoms with van der Waals surface area (Å²) in [5.74, 6) is 2.49. The fourth-order valence-corrected chi connectivity index (χ4v) is 4.61. The zero-order valence-corrected chi connectivity index (χ0v) is 20.0. The number of carbonyl (C=O) groups excluding carboxylic acids is 1. The minimum absolute atomic E-state index is 0.156. The molecule has 1 N–H and O–H groups in total. The van der Waals surface area contributed by atoms with Gasteiger partial charge < -0.3 is 19.5 Å². The standard InChI is InChI=1S/C28H29N3O4/c1-3-34-21-9-7-20(8-10-21)17-24-27(33)26-19(2)16-23(32)22(28(26)35-24)18-30-12-14-31(15-13-30)25-6-4-5-11-29-25/h4-11,16-17,32H,3,12-15,18H2,1-2H3/b24-17-. The van der Waals surface area contributed by atoms with Crippen LogP contribution in [0.1, 0.15) is 34.0 Å². The number of hydrogen-bond acceptors (Lipinski definition) is 7. The molecule has 2 aromatic carbocycles. The Hall–Kier alpha value is -3.84. The van der Waals surface area contributed by atoms with Crippen LogP contribution in [0.2, 0.25) is 0 Å². The number of benzene rings is 2. The number of aryl methyl sites for hydroxylation is 1. The van der Waals surface area contributed by atoms with Crippen molar-refractivity contribution in [2.45, 2.75) is 20.4 Å². The molecule has 3 aromatic rings. The maximum Gasteiger partial charge on any atom is 0.232 e. The molecular formula is C28H29N3O4. The Labute approximate surface area is 205 Å². The lowest BCUT2D eigenvalue weighted by atomic mass is 9.99. The first-order valence-corrected chi connectivity index (χ1v) is 11.9. The van der Waals surface area contributed by atoms with Crippen molar-refractivity contribution < 1.29 is 19.4 Å². The number of nitrogens with zero attached hydrogens (tertiary/aromatic N) is 3. The molecule has 0 radical (unpaired) electrons. The molecule has 0 aliphatic carbocycles. The van der Waals surface area contributed by atoms with Gasteiger partial charge in [-0.05, 0) is 61.4 Å². The van der Waals surface area contributed by atoms with Gasteiger partial charge in [-0.15, -0.1) is 0 Å². The van der Waals surface area contributed by atoms with Crippen LogP contribution in [-0.2, 0) is 6.54 Å². The van der Waals surface area contributed by atoms with Crippen molar-refractivity contribution in [3.63, 3.8) is 0 Å². The molecule has 1 fully saturated rings. The Kier molecular flexibility index (Phi) is 6.42. The van der Waals surface area contributed by atoms with Gasteiger partial charge in [0.05, 0.1) is 17.7 Å². The highest BCUT2D eigenvalue weighted by atomic mass is 16.5. The molecule has 0 amide bonds. The summed E-state index contributed by atoms with van der Waals surface area (Å²) >= 11 is 0. The summed E-state index contributed by atoms with van der Waals surface area (Å²) in [7, 11) is 0. The molecule has 1 aromatic heterocycles. The van der Waals surface area contributed by atoms with Crippen LogP contribution in [0.4, 0.5) is 5.82 Å². The third-order valence-electron chi connectivity index (χ3n) is 6.44. The highest BCUT2D eigenvalue weighted by Crippen LogP contribution is 2.42. The van der Waals surface area contributed by atoms with Gasteiger partial charge in [0.2, 0.25) is 5.78 Å². The van der Waals surface area contributed by atoms with Crippen molar-refractivity contribution in [3.8, 4) is 17.2 Å². The Morgan fingerprint density at radius 2 is 1.89 bits per heavy atom. The number of allylic oxidation sites excluding steroid dienone is 1. The lowest BCUT2D eigenvalue weighted by Gasteiger charge is -2.35. The van der Waals surface area contributed by atoms with Gasteiger partial charge in [0.15, 0.2) is 5.76 Å². The Morgan fingerprint density at radius 3 is 2.57 bits per heavy atom. The van der Waals surface area contributed by atoms with E-state index in [-0.39, 0.29) is 17.3 Å². The van der Waals surface area contributed by atoms with Crippen LogP contribution in [0.5, 0.6) is 17.2 Å². The maximum atomic E-state index is 13.2. The Balaban J connectivity index is 1.34. The summed E-state index contributed by atoms with van der Waals surface area (Å²) in [6.07, 6.45) is 3.55. The molecule has 180 valence electrons. The van der Waals surface area contributed by atoms with Crippen molar-refractivity contribution in [1.82, 2.24) is 9.88 Å². The van der Waals surface area contributed by atoms with E-state index in [0.29, 0.717) is 35.6 Å². The number of aromatic hydroxyl groups is 1. The number of phenols is 1. The molecule has 0 unspecified atom stereocenters. The number of phenolic OH excluding ortho intramolecular Hbond substituents is 1. The van der Waals surface area contributed by atoms with E-state index >= 15 is 0 Å². The molecule has 7 heteroatoms. The van der Waals surface area contributed by atoms with Crippen molar-refractivity contribution in [2.24, 2.45) is 0 Å². The second-order valence-electron chi connectivity index (χ2n) is 8.79. The minimum atomic E-state index is -0.160. The van der Waals surface area contributed by atoms with Gasteiger partial charge in [-0.3, -0.25) is 9.69 Å². The van der Waals surface area contributed by atoms with Crippen molar-refractivity contribution in [1.29, 1.82) is 0 Å². The fourth-order valence-electron chi connectivity index (χ4n) is 4.61. The summed E-state index contributed by atoms with van der Waals surface area (Å²) in [5, 5.41) is 10.8. The Morgan fingerprint density at radius 1 is 1.11 bits per heavy atom. The van der Waals surface area contributed by atoms with Gasteiger partial charge in [-0.2, -0.15) is 0 Å². The number of rotatable bonds is 6. The van der Waals surface area contributed by atoms with E-state index in [4.69, 9.17) is 9.47 Å². The van der Waals surface area contributed by atoms with Crippen LogP contribution in [-0.4, -0.2) is 53.6 Å². The summed E-state index contributed by atoms with van der Waals surface area (Å²) in [6, 6.07) is 15.1. The van der Waals surface area contributed by atoms with Crippen molar-refractivity contribution >= 4 is 17.7 Å². The van der Waals surface area contributed by atoms with E-state index in [1.165, 1.54) is 0 Å². The summed E-state index contributed by atoms with van der Waals surface area (Å²) in [5.41, 5.74) is 2.74. The Bertz CT molecular complexity index is 1250. The predicted octanol–water partition coefficient (Wildman–Crippen LogP) is 4.43. The first-order valence-electron chi connectivity index (χ1n) is 11.9. The van der Waals surface area contributed by atoms with E-state index < -0.39 is 0 Å². The third-order valence-corrected chi connectivity index (χ3v) is 6.44. The highest BCUT2D eigenvalue weighted by molar-refractivity contribution is 6.15. The van der Waals surface area contributed by atoms with Gasteiger partial charge >= 0.3 is 0 Å². The first-order chi connectivity index (χ1) is 17.0. The molecule has 0 bridgehead atoms. The predicted molar refractivity (Wildman–Crippen MR) is 135 cm³/mol. The van der Waals surface area contributed by atoms with E-state index in [2.05, 4.69) is 14.8 Å². The normalized spacial score (nSPS) is 16.9. The molecule has 0 spiro atoms. The molecule has 5 rings (SSSR count). The van der Waals surface area contributed by atoms with Crippen LogP contribution >= 0.6 is 0 Å². The molecular weight excluding hydrogens is 442 g/mol. The van der Waals surface area contributed by atoms with E-state index in [0.717, 1.165) is 43.3 Å². The molecule has 0 saturated carbocycles. The molecule has 2 aliphatic rings. The lowest BCUT2D eigenvalue weighted by molar-refractivity contribution is 0.101. The van der Waals surface area contributed by atoms with Crippen molar-refractivity contribution in [3.05, 3.63) is 82.7 Å². The van der Waals surface area contributed by atoms with E-state index in [9.17, 15) is 9.90 Å². The maximum absolute atomic E-state index is 13.2. The average Bonchev–Trinajstić information content (AvgIpc) is 3.20. The number of ketones is 1. The lowest BCUT2D eigenvalue weighted by Crippen LogP contribution is -2.46. The number of pyridine rings is 1. The highest BCUT2D eigenvalue weighted by Gasteiger charge is 2.34. The second-order valence-corrected chi connectivity index (χ2v) is 8.79. The number of carbonyl (C=O) groups is 1. The third kappa shape index (κ3) is 4.72. The van der Waals surface area contributed by atoms with Gasteiger partial charge in [-0.25, -0.2) is 4.98 Å². The monoisotopic (exact) mass is 471 g/mol. The summed E-state index contributed by atoms with van der Waals surface area (Å²) in [4.78, 5) is 22.2. The zero-order valence-electron chi connectivity index (χ0n) is 20.0. The van der Waals surface area contributed by atoms with Crippen LogP contribution in [0, 0.1) is 6.92 Å². The van der Waals surface area contributed by atoms with Gasteiger partial charge in [-0.1, -0.05) is 18.2 Å². The van der Waals surface area contributed by atoms with Gasteiger partial charge in [0, 0.05) is 38.9 Å². The second kappa shape index (κ2) is 9.80. The summed E-state index contributed by atoms with van der Waals surface area (Å²) in [6.45, 7) is 8.20. The number of aromatic nitrogens is 1. The quantitative estimate of drug-likeness (QED) is 0.533. The number of anilines is 1. The molecule has 0 atom stereocenters. The summed E-state index contributed by atoms with van der Waals surface area (Å²) < 4.78 is 11.6. The SMILES string of the molecule is CCOc1ccc(/C=C2\Oc3c(CN4CCN(c5ccccn5)CC4)c(O)cc(C)c3C2=O)cc1. The number of fused-ring (bicyclic) bond motifs is 1. The zero-order chi connectivity index (χ0) is 24.4. The smallest absolute Gasteiger partial charge is 0.232 e. The van der Waals surface area contributed by atoms with Crippen LogP contribution in [0.15, 0.2) is 60.5 Å². The van der Waals surface area contributed by atoms with Crippen LogP contribution in [0.3, 0.4) is 0 Å². The molecule has 2 aliphatic heterocycles. The van der Waals surface area contributed by atoms with E-state index in [1.807, 2.05) is 62.5 Å². The average molecular weight is 472 g/mol. The molecule has 3 heterocycles. The molecule has 7 nitrogen and oxygen atoms in total.